The van der Waals surface area contributed by atoms with E-state index >= 15 is 0 Å². The van der Waals surface area contributed by atoms with E-state index in [1.807, 2.05) is 53.5 Å². The van der Waals surface area contributed by atoms with Crippen LogP contribution in [-0.4, -0.2) is 28.9 Å². The van der Waals surface area contributed by atoms with E-state index in [4.69, 9.17) is 14.6 Å². The van der Waals surface area contributed by atoms with E-state index in [0.717, 1.165) is 28.2 Å². The average Bonchev–Trinajstić information content (AvgIpc) is 3.24. The zero-order valence-corrected chi connectivity index (χ0v) is 16.4. The van der Waals surface area contributed by atoms with Crippen molar-refractivity contribution in [2.75, 3.05) is 7.11 Å². The van der Waals surface area contributed by atoms with Crippen molar-refractivity contribution >= 4 is 11.7 Å². The summed E-state index contributed by atoms with van der Waals surface area (Å²) < 4.78 is 11.1. The molecule has 0 spiro atoms. The van der Waals surface area contributed by atoms with E-state index in [1.165, 1.54) is 7.11 Å². The van der Waals surface area contributed by atoms with Crippen LogP contribution in [0.5, 0.6) is 11.5 Å². The van der Waals surface area contributed by atoms with Crippen LogP contribution in [0.1, 0.15) is 45.7 Å². The Morgan fingerprint density at radius 3 is 2.57 bits per heavy atom. The van der Waals surface area contributed by atoms with Crippen LogP contribution in [0.2, 0.25) is 0 Å². The molecule has 1 N–H and O–H groups in total. The molecule has 150 valence electrons. The molecule has 6 nitrogen and oxygen atoms in total. The highest BCUT2D eigenvalue weighted by atomic mass is 16.5. The first-order chi connectivity index (χ1) is 14.7. The van der Waals surface area contributed by atoms with Crippen molar-refractivity contribution in [1.82, 2.24) is 5.01 Å². The number of carbonyl (C=O) groups excluding carboxylic acids is 1. The monoisotopic (exact) mass is 400 g/mol. The lowest BCUT2D eigenvalue weighted by Crippen LogP contribution is -2.33. The minimum atomic E-state index is -0.444. The number of rotatable bonds is 3. The maximum absolute atomic E-state index is 11.8. The third kappa shape index (κ3) is 2.97. The molecule has 2 atom stereocenters. The van der Waals surface area contributed by atoms with Crippen molar-refractivity contribution in [2.45, 2.75) is 18.7 Å². The normalized spacial score (nSPS) is 19.4. The van der Waals surface area contributed by atoms with E-state index in [2.05, 4.69) is 0 Å². The van der Waals surface area contributed by atoms with E-state index in [0.29, 0.717) is 12.0 Å². The zero-order valence-electron chi connectivity index (χ0n) is 16.4. The molecule has 30 heavy (non-hydrogen) atoms. The smallest absolute Gasteiger partial charge is 0.337 e. The van der Waals surface area contributed by atoms with Gasteiger partial charge in [-0.3, -0.25) is 0 Å². The minimum Gasteiger partial charge on any atom is -0.507 e. The molecular weight excluding hydrogens is 380 g/mol. The predicted octanol–water partition coefficient (Wildman–Crippen LogP) is 4.42. The van der Waals surface area contributed by atoms with Crippen LogP contribution in [0, 0.1) is 0 Å². The SMILES string of the molecule is COC(=O)c1ccc([C@H]2Oc3ccccc3[C@H]3CC(c4ccccc4O)=NN32)cc1. The number of para-hydroxylation sites is 2. The van der Waals surface area contributed by atoms with Gasteiger partial charge in [0.25, 0.3) is 0 Å². The third-order valence-electron chi connectivity index (χ3n) is 5.53. The van der Waals surface area contributed by atoms with E-state index in [-0.39, 0.29) is 17.8 Å². The van der Waals surface area contributed by atoms with Gasteiger partial charge in [-0.25, -0.2) is 9.80 Å². The molecule has 0 saturated carbocycles. The molecule has 2 aliphatic rings. The highest BCUT2D eigenvalue weighted by Gasteiger charge is 2.41. The number of nitrogens with zero attached hydrogens (tertiary/aromatic N) is 2. The Labute approximate surface area is 174 Å². The summed E-state index contributed by atoms with van der Waals surface area (Å²) in [6, 6.07) is 22.3. The lowest BCUT2D eigenvalue weighted by Gasteiger charge is -2.38. The third-order valence-corrected chi connectivity index (χ3v) is 5.53. The molecular formula is C24H20N2O4. The Morgan fingerprint density at radius 1 is 1.07 bits per heavy atom. The maximum Gasteiger partial charge on any atom is 0.337 e. The molecule has 0 fully saturated rings. The number of hydrogen-bond acceptors (Lipinski definition) is 6. The standard InChI is InChI=1S/C24H20N2O4/c1-29-24(28)16-12-10-15(11-13-16)23-26-20(18-7-3-5-9-22(18)30-23)14-19(25-26)17-6-2-4-8-21(17)27/h2-13,20,23,27H,14H2,1H3/t20-,23-/m1/s1. The summed E-state index contributed by atoms with van der Waals surface area (Å²) in [5, 5.41) is 17.1. The fraction of sp³-hybridized carbons (Fsp3) is 0.167. The molecule has 3 aromatic rings. The number of hydrazone groups is 1. The molecule has 2 aliphatic heterocycles. The molecule has 0 unspecified atom stereocenters. The fourth-order valence-corrected chi connectivity index (χ4v) is 4.04. The average molecular weight is 400 g/mol. The summed E-state index contributed by atoms with van der Waals surface area (Å²) in [6.07, 6.45) is 0.217. The van der Waals surface area contributed by atoms with Crippen LogP contribution in [0.15, 0.2) is 77.9 Å². The van der Waals surface area contributed by atoms with Gasteiger partial charge in [-0.2, -0.15) is 5.10 Å². The second-order valence-corrected chi connectivity index (χ2v) is 7.29. The number of carbonyl (C=O) groups is 1. The van der Waals surface area contributed by atoms with Gasteiger partial charge in [0, 0.05) is 23.1 Å². The van der Waals surface area contributed by atoms with Crippen LogP contribution < -0.4 is 4.74 Å². The Bertz CT molecular complexity index is 1140. The molecule has 0 bridgehead atoms. The second kappa shape index (κ2) is 7.22. The first-order valence-electron chi connectivity index (χ1n) is 9.74. The Morgan fingerprint density at radius 2 is 1.80 bits per heavy atom. The van der Waals surface area contributed by atoms with Crippen molar-refractivity contribution < 1.29 is 19.4 Å². The number of fused-ring (bicyclic) bond motifs is 3. The van der Waals surface area contributed by atoms with Crippen molar-refractivity contribution in [3.63, 3.8) is 0 Å². The van der Waals surface area contributed by atoms with E-state index < -0.39 is 6.23 Å². The minimum absolute atomic E-state index is 0.00478. The van der Waals surface area contributed by atoms with Gasteiger partial charge in [-0.15, -0.1) is 0 Å². The Kier molecular flexibility index (Phi) is 4.39. The molecule has 3 aromatic carbocycles. The lowest BCUT2D eigenvalue weighted by molar-refractivity contribution is -0.0190. The summed E-state index contributed by atoms with van der Waals surface area (Å²) >= 11 is 0. The van der Waals surface area contributed by atoms with Gasteiger partial charge < -0.3 is 14.6 Å². The van der Waals surface area contributed by atoms with Crippen molar-refractivity contribution in [2.24, 2.45) is 5.10 Å². The Hall–Kier alpha value is -3.80. The van der Waals surface area contributed by atoms with Gasteiger partial charge in [0.05, 0.1) is 24.4 Å². The molecule has 0 aromatic heterocycles. The summed E-state index contributed by atoms with van der Waals surface area (Å²) in [7, 11) is 1.36. The zero-order chi connectivity index (χ0) is 20.7. The maximum atomic E-state index is 11.8. The van der Waals surface area contributed by atoms with Crippen LogP contribution in [0.25, 0.3) is 0 Å². The molecule has 2 heterocycles. The number of phenolic OH excluding ortho intramolecular Hbond substituents is 1. The number of hydrogen-bond donors (Lipinski definition) is 1. The number of benzene rings is 3. The van der Waals surface area contributed by atoms with Gasteiger partial charge in [-0.05, 0) is 30.3 Å². The van der Waals surface area contributed by atoms with E-state index in [9.17, 15) is 9.90 Å². The van der Waals surface area contributed by atoms with Crippen LogP contribution in [0.4, 0.5) is 0 Å². The summed E-state index contributed by atoms with van der Waals surface area (Å²) in [5.74, 6) is 0.647. The molecule has 0 aliphatic carbocycles. The molecule has 0 radical (unpaired) electrons. The van der Waals surface area contributed by atoms with Crippen molar-refractivity contribution in [3.8, 4) is 11.5 Å². The van der Waals surface area contributed by atoms with Crippen LogP contribution >= 0.6 is 0 Å². The molecule has 6 heteroatoms. The quantitative estimate of drug-likeness (QED) is 0.659. The van der Waals surface area contributed by atoms with Crippen LogP contribution in [-0.2, 0) is 4.74 Å². The van der Waals surface area contributed by atoms with Gasteiger partial charge in [0.15, 0.2) is 0 Å². The summed E-state index contributed by atoms with van der Waals surface area (Å²) in [5.41, 5.74) is 3.96. The first kappa shape index (κ1) is 18.2. The molecule has 0 saturated heterocycles. The van der Waals surface area contributed by atoms with Gasteiger partial charge in [-0.1, -0.05) is 42.5 Å². The van der Waals surface area contributed by atoms with Crippen molar-refractivity contribution in [1.29, 1.82) is 0 Å². The molecule has 0 amide bonds. The number of methoxy groups -OCH3 is 1. The second-order valence-electron chi connectivity index (χ2n) is 7.29. The van der Waals surface area contributed by atoms with Crippen molar-refractivity contribution in [3.05, 3.63) is 95.1 Å². The predicted molar refractivity (Wildman–Crippen MR) is 111 cm³/mol. The number of ether oxygens (including phenoxy) is 2. The molecule has 5 rings (SSSR count). The number of phenols is 1. The fourth-order valence-electron chi connectivity index (χ4n) is 4.04. The largest absolute Gasteiger partial charge is 0.507 e. The highest BCUT2D eigenvalue weighted by Crippen LogP contribution is 2.47. The number of aromatic hydroxyl groups is 1. The van der Waals surface area contributed by atoms with Gasteiger partial charge in [0.2, 0.25) is 6.23 Å². The van der Waals surface area contributed by atoms with Gasteiger partial charge >= 0.3 is 5.97 Å². The Balaban J connectivity index is 1.56. The summed E-state index contributed by atoms with van der Waals surface area (Å²) in [6.45, 7) is 0. The van der Waals surface area contributed by atoms with Crippen LogP contribution in [0.3, 0.4) is 0 Å². The topological polar surface area (TPSA) is 71.4 Å². The highest BCUT2D eigenvalue weighted by molar-refractivity contribution is 6.04. The lowest BCUT2D eigenvalue weighted by atomic mass is 9.95. The van der Waals surface area contributed by atoms with Gasteiger partial charge in [0.1, 0.15) is 11.5 Å². The first-order valence-corrected chi connectivity index (χ1v) is 9.74. The van der Waals surface area contributed by atoms with E-state index in [1.54, 1.807) is 24.3 Å². The summed E-state index contributed by atoms with van der Waals surface area (Å²) in [4.78, 5) is 11.8. The number of esters is 1.